The zero-order valence-electron chi connectivity index (χ0n) is 14.1. The fourth-order valence-electron chi connectivity index (χ4n) is 3.14. The first kappa shape index (κ1) is 17.0. The summed E-state index contributed by atoms with van der Waals surface area (Å²) >= 11 is 7.73. The molecule has 3 aromatic rings. The zero-order chi connectivity index (χ0) is 18.1. The molecule has 3 aromatic carbocycles. The number of benzene rings is 3. The van der Waals surface area contributed by atoms with Crippen LogP contribution < -0.4 is 10.2 Å². The van der Waals surface area contributed by atoms with Crippen molar-refractivity contribution >= 4 is 40.6 Å². The van der Waals surface area contributed by atoms with Crippen LogP contribution in [0.2, 0.25) is 5.02 Å². The minimum absolute atomic E-state index is 0.0272. The Kier molecular flexibility index (Phi) is 4.62. The fraction of sp³-hybridized carbons (Fsp3) is 0.0952. The number of hydrogen-bond acceptors (Lipinski definition) is 3. The second-order valence-corrected chi connectivity index (χ2v) is 7.33. The van der Waals surface area contributed by atoms with E-state index in [0.29, 0.717) is 10.6 Å². The van der Waals surface area contributed by atoms with Crippen LogP contribution in [0.3, 0.4) is 0 Å². The smallest absolute Gasteiger partial charge is 0.262 e. The predicted octanol–water partition coefficient (Wildman–Crippen LogP) is 5.83. The van der Waals surface area contributed by atoms with Crippen LogP contribution in [-0.2, 0) is 0 Å². The van der Waals surface area contributed by atoms with Gasteiger partial charge in [-0.1, -0.05) is 35.9 Å². The number of thioether (sulfide) groups is 1. The number of carbonyl (C=O) groups is 1. The highest BCUT2D eigenvalue weighted by atomic mass is 35.5. The molecule has 130 valence electrons. The van der Waals surface area contributed by atoms with Crippen LogP contribution >= 0.6 is 23.4 Å². The van der Waals surface area contributed by atoms with Crippen molar-refractivity contribution in [3.05, 3.63) is 88.9 Å². The number of nitrogens with one attached hydrogen (secondary N) is 1. The van der Waals surface area contributed by atoms with Crippen molar-refractivity contribution in [2.75, 3.05) is 16.5 Å². The van der Waals surface area contributed by atoms with E-state index in [9.17, 15) is 4.79 Å². The first-order valence-electron chi connectivity index (χ1n) is 8.26. The molecule has 0 saturated carbocycles. The molecule has 1 aliphatic heterocycles. The van der Waals surface area contributed by atoms with Gasteiger partial charge in [0.1, 0.15) is 6.17 Å². The summed E-state index contributed by atoms with van der Waals surface area (Å²) in [7, 11) is 0. The molecule has 1 aliphatic rings. The normalized spacial score (nSPS) is 16.2. The van der Waals surface area contributed by atoms with Crippen LogP contribution in [0, 0.1) is 0 Å². The molecule has 1 N–H and O–H groups in total. The Labute approximate surface area is 162 Å². The largest absolute Gasteiger partial charge is 0.360 e. The molecule has 0 unspecified atom stereocenters. The van der Waals surface area contributed by atoms with Gasteiger partial charge in [0.05, 0.1) is 5.56 Å². The molecule has 1 atom stereocenters. The van der Waals surface area contributed by atoms with Gasteiger partial charge in [-0.2, -0.15) is 0 Å². The van der Waals surface area contributed by atoms with E-state index in [1.54, 1.807) is 28.8 Å². The molecular formula is C21H17ClN2OS. The highest BCUT2D eigenvalue weighted by Crippen LogP contribution is 2.37. The van der Waals surface area contributed by atoms with Crippen molar-refractivity contribution in [1.29, 1.82) is 0 Å². The van der Waals surface area contributed by atoms with Gasteiger partial charge < -0.3 is 5.32 Å². The third-order valence-electron chi connectivity index (χ3n) is 4.46. The van der Waals surface area contributed by atoms with Gasteiger partial charge >= 0.3 is 0 Å². The maximum absolute atomic E-state index is 13.3. The lowest BCUT2D eigenvalue weighted by atomic mass is 10.0. The lowest BCUT2D eigenvalue weighted by molar-refractivity contribution is 0.0975. The monoisotopic (exact) mass is 380 g/mol. The third kappa shape index (κ3) is 3.06. The van der Waals surface area contributed by atoms with E-state index in [1.165, 1.54) is 4.90 Å². The topological polar surface area (TPSA) is 32.3 Å². The number of carbonyl (C=O) groups excluding carboxylic acids is 1. The van der Waals surface area contributed by atoms with Crippen LogP contribution in [0.5, 0.6) is 0 Å². The van der Waals surface area contributed by atoms with E-state index in [1.807, 2.05) is 42.7 Å². The molecule has 26 heavy (non-hydrogen) atoms. The van der Waals surface area contributed by atoms with E-state index < -0.39 is 0 Å². The second-order valence-electron chi connectivity index (χ2n) is 6.02. The highest BCUT2D eigenvalue weighted by Gasteiger charge is 2.33. The molecule has 0 spiro atoms. The summed E-state index contributed by atoms with van der Waals surface area (Å²) in [5.74, 6) is -0.0272. The molecule has 5 heteroatoms. The molecule has 0 aromatic heterocycles. The van der Waals surface area contributed by atoms with E-state index in [2.05, 4.69) is 29.6 Å². The van der Waals surface area contributed by atoms with Crippen molar-refractivity contribution < 1.29 is 4.79 Å². The molecule has 1 heterocycles. The Morgan fingerprint density at radius 1 is 0.962 bits per heavy atom. The van der Waals surface area contributed by atoms with Gasteiger partial charge in [-0.25, -0.2) is 0 Å². The maximum Gasteiger partial charge on any atom is 0.262 e. The highest BCUT2D eigenvalue weighted by molar-refractivity contribution is 7.98. The van der Waals surface area contributed by atoms with E-state index >= 15 is 0 Å². The van der Waals surface area contributed by atoms with E-state index in [0.717, 1.165) is 16.9 Å². The van der Waals surface area contributed by atoms with Gasteiger partial charge in [-0.3, -0.25) is 9.69 Å². The van der Waals surface area contributed by atoms with Crippen LogP contribution in [-0.4, -0.2) is 12.2 Å². The molecule has 0 radical (unpaired) electrons. The van der Waals surface area contributed by atoms with Gasteiger partial charge in [0.15, 0.2) is 0 Å². The standard InChI is InChI=1S/C21H17ClN2OS/c1-26-17-12-6-14(7-13-17)20-23-19-5-3-2-4-18(19)21(25)24(20)16-10-8-15(22)9-11-16/h2-13,20,23H,1H3/t20-/m0/s1. The number of amides is 1. The number of rotatable bonds is 3. The number of nitrogens with zero attached hydrogens (tertiary/aromatic N) is 1. The molecular weight excluding hydrogens is 364 g/mol. The van der Waals surface area contributed by atoms with Gasteiger partial charge in [0, 0.05) is 21.3 Å². The van der Waals surface area contributed by atoms with Crippen molar-refractivity contribution in [2.45, 2.75) is 11.1 Å². The van der Waals surface area contributed by atoms with Crippen molar-refractivity contribution in [3.8, 4) is 0 Å². The summed E-state index contributed by atoms with van der Waals surface area (Å²) in [6.45, 7) is 0. The summed E-state index contributed by atoms with van der Waals surface area (Å²) in [6.07, 6.45) is 1.77. The van der Waals surface area contributed by atoms with Crippen molar-refractivity contribution in [2.24, 2.45) is 0 Å². The molecule has 4 rings (SSSR count). The second kappa shape index (κ2) is 7.06. The number of para-hydroxylation sites is 1. The van der Waals surface area contributed by atoms with E-state index in [4.69, 9.17) is 11.6 Å². The first-order valence-corrected chi connectivity index (χ1v) is 9.86. The summed E-state index contributed by atoms with van der Waals surface area (Å²) in [5, 5.41) is 4.16. The summed E-state index contributed by atoms with van der Waals surface area (Å²) < 4.78 is 0. The lowest BCUT2D eigenvalue weighted by Crippen LogP contribution is -2.43. The summed E-state index contributed by atoms with van der Waals surface area (Å²) in [6, 6.07) is 23.2. The minimum atomic E-state index is -0.283. The molecule has 0 aliphatic carbocycles. The summed E-state index contributed by atoms with van der Waals surface area (Å²) in [4.78, 5) is 16.2. The Hall–Kier alpha value is -2.43. The number of fused-ring (bicyclic) bond motifs is 1. The Morgan fingerprint density at radius 2 is 1.65 bits per heavy atom. The summed E-state index contributed by atoms with van der Waals surface area (Å²) in [5.41, 5.74) is 3.35. The van der Waals surface area contributed by atoms with Gasteiger partial charge in [0.2, 0.25) is 0 Å². The Morgan fingerprint density at radius 3 is 2.35 bits per heavy atom. The average molecular weight is 381 g/mol. The maximum atomic E-state index is 13.3. The minimum Gasteiger partial charge on any atom is -0.360 e. The molecule has 0 saturated heterocycles. The Balaban J connectivity index is 1.82. The fourth-order valence-corrected chi connectivity index (χ4v) is 3.68. The SMILES string of the molecule is CSc1ccc([C@H]2Nc3ccccc3C(=O)N2c2ccc(Cl)cc2)cc1. The molecule has 1 amide bonds. The zero-order valence-corrected chi connectivity index (χ0v) is 15.7. The predicted molar refractivity (Wildman–Crippen MR) is 109 cm³/mol. The van der Waals surface area contributed by atoms with Gasteiger partial charge in [-0.05, 0) is 60.4 Å². The van der Waals surface area contributed by atoms with Crippen molar-refractivity contribution in [3.63, 3.8) is 0 Å². The number of hydrogen-bond donors (Lipinski definition) is 1. The molecule has 0 bridgehead atoms. The van der Waals surface area contributed by atoms with Crippen LogP contribution in [0.15, 0.2) is 77.7 Å². The van der Waals surface area contributed by atoms with Crippen LogP contribution in [0.25, 0.3) is 0 Å². The lowest BCUT2D eigenvalue weighted by Gasteiger charge is -2.38. The van der Waals surface area contributed by atoms with Crippen LogP contribution in [0.4, 0.5) is 11.4 Å². The quantitative estimate of drug-likeness (QED) is 0.580. The number of anilines is 2. The molecule has 0 fully saturated rings. The van der Waals surface area contributed by atoms with Crippen LogP contribution in [0.1, 0.15) is 22.1 Å². The molecule has 3 nitrogen and oxygen atoms in total. The van der Waals surface area contributed by atoms with Crippen molar-refractivity contribution in [1.82, 2.24) is 0 Å². The van der Waals surface area contributed by atoms with Gasteiger partial charge in [-0.15, -0.1) is 11.8 Å². The van der Waals surface area contributed by atoms with E-state index in [-0.39, 0.29) is 12.1 Å². The third-order valence-corrected chi connectivity index (χ3v) is 5.46. The first-order chi connectivity index (χ1) is 12.7. The number of halogens is 1. The Bertz CT molecular complexity index is 941. The van der Waals surface area contributed by atoms with Gasteiger partial charge in [0.25, 0.3) is 5.91 Å². The average Bonchev–Trinajstić information content (AvgIpc) is 2.69.